The van der Waals surface area contributed by atoms with Crippen LogP contribution in [-0.4, -0.2) is 41.8 Å². The predicted octanol–water partition coefficient (Wildman–Crippen LogP) is 7.02. The molecule has 0 aromatic heterocycles. The lowest BCUT2D eigenvalue weighted by Crippen LogP contribution is -2.70. The molecule has 0 saturated carbocycles. The van der Waals surface area contributed by atoms with Crippen molar-refractivity contribution in [2.24, 2.45) is 0 Å². The molecule has 8 heteroatoms. The molecule has 0 heterocycles. The lowest BCUT2D eigenvalue weighted by atomic mass is 10.4. The second-order valence-electron chi connectivity index (χ2n) is 13.2. The van der Waals surface area contributed by atoms with E-state index in [2.05, 4.69) is 174 Å². The molecule has 0 bridgehead atoms. The Balaban J connectivity index is 1.66. The largest absolute Gasteiger partial charge is 0.449 e. The molecule has 226 valence electrons. The van der Waals surface area contributed by atoms with Crippen molar-refractivity contribution in [2.45, 2.75) is 57.9 Å². The number of benzene rings is 4. The molecule has 0 N–H and O–H groups in total. The molecule has 4 aromatic rings. The highest BCUT2D eigenvalue weighted by Crippen LogP contribution is 2.29. The second-order valence-corrected chi connectivity index (χ2v) is 33.0. The monoisotopic (exact) mass is 656 g/mol. The van der Waals surface area contributed by atoms with Crippen LogP contribution >= 0.6 is 0 Å². The fourth-order valence-corrected chi connectivity index (χ4v) is 29.0. The summed E-state index contributed by atoms with van der Waals surface area (Å²) in [5.74, 6) is 0. The summed E-state index contributed by atoms with van der Waals surface area (Å²) in [6.45, 7) is 20.5. The second kappa shape index (κ2) is 13.7. The summed E-state index contributed by atoms with van der Waals surface area (Å²) in [4.78, 5) is 0. The maximum atomic E-state index is 7.55. The molecule has 0 saturated heterocycles. The van der Waals surface area contributed by atoms with Crippen LogP contribution in [0.25, 0.3) is 0 Å². The highest BCUT2D eigenvalue weighted by Gasteiger charge is 2.50. The summed E-state index contributed by atoms with van der Waals surface area (Å²) in [7, 11) is -12.1. The first-order valence-electron chi connectivity index (χ1n) is 15.3. The molecule has 4 rings (SSSR count). The van der Waals surface area contributed by atoms with Crippen LogP contribution in [0.1, 0.15) is 0 Å². The SMILES string of the molecule is C=C[Si](C)(C)O[Si](O[Si](C)(C)CC[Si](C)(C)O[Si](C)(c1ccccc1)c1ccccc1)(c1ccccc1)c1ccccc1. The van der Waals surface area contributed by atoms with Crippen molar-refractivity contribution in [1.29, 1.82) is 0 Å². The Kier molecular flexibility index (Phi) is 10.7. The Hall–Kier alpha value is -2.42. The van der Waals surface area contributed by atoms with Crippen LogP contribution in [-0.2, 0) is 12.3 Å². The molecule has 0 aliphatic rings. The summed E-state index contributed by atoms with van der Waals surface area (Å²) in [5.41, 5.74) is 2.03. The highest BCUT2D eigenvalue weighted by atomic mass is 28.5. The third-order valence-electron chi connectivity index (χ3n) is 8.08. The van der Waals surface area contributed by atoms with Gasteiger partial charge < -0.3 is 12.3 Å². The van der Waals surface area contributed by atoms with Crippen molar-refractivity contribution in [3.05, 3.63) is 134 Å². The Morgan fingerprint density at radius 2 is 0.791 bits per heavy atom. The van der Waals surface area contributed by atoms with Crippen LogP contribution in [0.5, 0.6) is 0 Å². The van der Waals surface area contributed by atoms with Crippen LogP contribution in [0.4, 0.5) is 0 Å². The minimum absolute atomic E-state index is 1.01. The number of hydrogen-bond donors (Lipinski definition) is 0. The van der Waals surface area contributed by atoms with Crippen molar-refractivity contribution < 1.29 is 12.3 Å². The minimum atomic E-state index is -3.05. The predicted molar refractivity (Wildman–Crippen MR) is 197 cm³/mol. The maximum Gasteiger partial charge on any atom is 0.386 e. The molecule has 4 aromatic carbocycles. The summed E-state index contributed by atoms with van der Waals surface area (Å²) in [6.07, 6.45) is 0. The van der Waals surface area contributed by atoms with E-state index in [0.29, 0.717) is 0 Å². The molecule has 0 atom stereocenters. The minimum Gasteiger partial charge on any atom is -0.449 e. The molecule has 3 nitrogen and oxygen atoms in total. The fraction of sp³-hybridized carbons (Fsp3) is 0.257. The van der Waals surface area contributed by atoms with Gasteiger partial charge in [-0.25, -0.2) is 0 Å². The van der Waals surface area contributed by atoms with E-state index < -0.39 is 41.8 Å². The number of rotatable bonds is 14. The summed E-state index contributed by atoms with van der Waals surface area (Å²) in [5, 5.41) is 4.95. The quantitative estimate of drug-likeness (QED) is 0.137. The van der Waals surface area contributed by atoms with Crippen LogP contribution in [0.15, 0.2) is 134 Å². The van der Waals surface area contributed by atoms with E-state index in [1.54, 1.807) is 0 Å². The van der Waals surface area contributed by atoms with Crippen LogP contribution in [0, 0.1) is 0 Å². The first-order valence-corrected chi connectivity index (χ1v) is 28.7. The van der Waals surface area contributed by atoms with Crippen LogP contribution in [0.2, 0.25) is 57.9 Å². The maximum absolute atomic E-state index is 7.55. The van der Waals surface area contributed by atoms with Gasteiger partial charge in [0.05, 0.1) is 0 Å². The highest BCUT2D eigenvalue weighted by molar-refractivity contribution is 7.04. The zero-order chi connectivity index (χ0) is 31.2. The molecule has 0 unspecified atom stereocenters. The first kappa shape index (κ1) is 33.5. The van der Waals surface area contributed by atoms with E-state index in [4.69, 9.17) is 12.3 Å². The first-order chi connectivity index (χ1) is 20.3. The zero-order valence-corrected chi connectivity index (χ0v) is 32.0. The Morgan fingerprint density at radius 3 is 1.14 bits per heavy atom. The van der Waals surface area contributed by atoms with Gasteiger partial charge >= 0.3 is 8.56 Å². The molecule has 43 heavy (non-hydrogen) atoms. The topological polar surface area (TPSA) is 27.7 Å². The van der Waals surface area contributed by atoms with Gasteiger partial charge in [-0.2, -0.15) is 0 Å². The third-order valence-corrected chi connectivity index (χ3v) is 28.0. The van der Waals surface area contributed by atoms with Gasteiger partial charge in [0.25, 0.3) is 0 Å². The van der Waals surface area contributed by atoms with Gasteiger partial charge in [-0.3, -0.25) is 0 Å². The van der Waals surface area contributed by atoms with Crippen molar-refractivity contribution in [1.82, 2.24) is 0 Å². The van der Waals surface area contributed by atoms with Gasteiger partial charge in [0.1, 0.15) is 0 Å². The number of hydrogen-bond acceptors (Lipinski definition) is 3. The molecule has 0 spiro atoms. The lowest BCUT2D eigenvalue weighted by molar-refractivity contribution is 0.412. The normalized spacial score (nSPS) is 13.1. The van der Waals surface area contributed by atoms with Crippen molar-refractivity contribution in [3.8, 4) is 0 Å². The van der Waals surface area contributed by atoms with Gasteiger partial charge in [-0.1, -0.05) is 127 Å². The van der Waals surface area contributed by atoms with Crippen molar-refractivity contribution in [2.75, 3.05) is 0 Å². The molecule has 0 fully saturated rings. The molecular weight excluding hydrogens is 609 g/mol. The molecule has 0 radical (unpaired) electrons. The van der Waals surface area contributed by atoms with Gasteiger partial charge in [-0.05, 0) is 78.7 Å². The average Bonchev–Trinajstić information content (AvgIpc) is 3.01. The molecule has 0 aliphatic carbocycles. The van der Waals surface area contributed by atoms with Gasteiger partial charge in [0.2, 0.25) is 16.6 Å². The van der Waals surface area contributed by atoms with Gasteiger partial charge in [0.15, 0.2) is 16.6 Å². The third kappa shape index (κ3) is 8.40. The van der Waals surface area contributed by atoms with E-state index in [0.717, 1.165) is 22.5 Å². The Bertz CT molecular complexity index is 1370. The standard InChI is InChI=1S/C35H48O3Si5/c1-9-39(2,3)37-43(34-26-18-12-19-27-34,35-28-20-13-21-29-35)38-41(6,7)31-30-40(4,5)36-42(8,32-22-14-10-15-23-32)33-24-16-11-17-25-33/h9-29H,1,30-31H2,2-8H3. The summed E-state index contributed by atoms with van der Waals surface area (Å²) in [6, 6.07) is 45.0. The molecular formula is C35H48O3Si5. The molecule has 0 aliphatic heterocycles. The van der Waals surface area contributed by atoms with Crippen molar-refractivity contribution >= 4 is 62.6 Å². The van der Waals surface area contributed by atoms with Crippen molar-refractivity contribution in [3.63, 3.8) is 0 Å². The average molecular weight is 657 g/mol. The van der Waals surface area contributed by atoms with E-state index in [1.165, 1.54) is 10.4 Å². The van der Waals surface area contributed by atoms with E-state index in [1.807, 2.05) is 5.70 Å². The lowest BCUT2D eigenvalue weighted by Gasteiger charge is -2.43. The van der Waals surface area contributed by atoms with Gasteiger partial charge in [0, 0.05) is 0 Å². The van der Waals surface area contributed by atoms with E-state index >= 15 is 0 Å². The van der Waals surface area contributed by atoms with E-state index in [-0.39, 0.29) is 0 Å². The fourth-order valence-electron chi connectivity index (χ4n) is 5.59. The summed E-state index contributed by atoms with van der Waals surface area (Å²) >= 11 is 0. The van der Waals surface area contributed by atoms with Gasteiger partial charge in [-0.15, -0.1) is 6.58 Å². The smallest absolute Gasteiger partial charge is 0.386 e. The summed E-state index contributed by atoms with van der Waals surface area (Å²) < 4.78 is 22.2. The van der Waals surface area contributed by atoms with E-state index in [9.17, 15) is 0 Å². The molecule has 0 amide bonds. The zero-order valence-electron chi connectivity index (χ0n) is 27.0. The Morgan fingerprint density at radius 1 is 0.465 bits per heavy atom. The Labute approximate surface area is 265 Å². The van der Waals surface area contributed by atoms with Crippen LogP contribution in [0.3, 0.4) is 0 Å². The van der Waals surface area contributed by atoms with Crippen LogP contribution < -0.4 is 20.7 Å².